The topological polar surface area (TPSA) is 64.6 Å². The molecule has 0 atom stereocenters. The SMILES string of the molecule is CNCC1(O)CN(C(=O)c2ccc(F)c(F)c2Nc2ccc(I)cc2F)C1. The Labute approximate surface area is 167 Å². The van der Waals surface area contributed by atoms with Gasteiger partial charge in [-0.15, -0.1) is 0 Å². The Kier molecular flexibility index (Phi) is 5.63. The van der Waals surface area contributed by atoms with Gasteiger partial charge in [0.05, 0.1) is 30.0 Å². The molecular formula is C18H17F3IN3O2. The van der Waals surface area contributed by atoms with Crippen LogP contribution in [0.1, 0.15) is 10.4 Å². The van der Waals surface area contributed by atoms with Crippen molar-refractivity contribution in [3.05, 3.63) is 56.9 Å². The number of nitrogens with one attached hydrogen (secondary N) is 2. The predicted molar refractivity (Wildman–Crippen MR) is 104 cm³/mol. The molecule has 0 bridgehead atoms. The number of carbonyl (C=O) groups is 1. The van der Waals surface area contributed by atoms with Crippen molar-refractivity contribution in [2.45, 2.75) is 5.60 Å². The lowest BCUT2D eigenvalue weighted by Crippen LogP contribution is -2.67. The van der Waals surface area contributed by atoms with Crippen molar-refractivity contribution in [3.8, 4) is 0 Å². The molecule has 0 aliphatic carbocycles. The fraction of sp³-hybridized carbons (Fsp3) is 0.278. The summed E-state index contributed by atoms with van der Waals surface area (Å²) < 4.78 is 42.9. The molecule has 3 rings (SSSR count). The number of benzene rings is 2. The second-order valence-electron chi connectivity index (χ2n) is 6.45. The van der Waals surface area contributed by atoms with Crippen molar-refractivity contribution < 1.29 is 23.1 Å². The summed E-state index contributed by atoms with van der Waals surface area (Å²) >= 11 is 1.92. The molecule has 1 aliphatic rings. The molecule has 1 heterocycles. The van der Waals surface area contributed by atoms with Crippen LogP contribution < -0.4 is 10.6 Å². The molecule has 1 fully saturated rings. The highest BCUT2D eigenvalue weighted by atomic mass is 127. The Bertz CT molecular complexity index is 888. The lowest BCUT2D eigenvalue weighted by atomic mass is 9.93. The molecular weight excluding hydrogens is 474 g/mol. The Morgan fingerprint density at radius 1 is 1.22 bits per heavy atom. The first-order valence-electron chi connectivity index (χ1n) is 8.10. The zero-order valence-corrected chi connectivity index (χ0v) is 16.5. The third-order valence-corrected chi connectivity index (χ3v) is 4.95. The number of hydrogen-bond acceptors (Lipinski definition) is 4. The summed E-state index contributed by atoms with van der Waals surface area (Å²) in [6, 6.07) is 6.19. The Morgan fingerprint density at radius 2 is 1.93 bits per heavy atom. The van der Waals surface area contributed by atoms with Gasteiger partial charge in [-0.2, -0.15) is 0 Å². The van der Waals surface area contributed by atoms with E-state index in [4.69, 9.17) is 0 Å². The molecule has 0 spiro atoms. The van der Waals surface area contributed by atoms with Crippen molar-refractivity contribution in [1.82, 2.24) is 10.2 Å². The molecule has 2 aromatic carbocycles. The summed E-state index contributed by atoms with van der Waals surface area (Å²) in [6.07, 6.45) is 0. The Hall–Kier alpha value is -1.85. The molecule has 9 heteroatoms. The molecule has 3 N–H and O–H groups in total. The minimum Gasteiger partial charge on any atom is -0.385 e. The van der Waals surface area contributed by atoms with Crippen molar-refractivity contribution in [1.29, 1.82) is 0 Å². The summed E-state index contributed by atoms with van der Waals surface area (Å²) in [6.45, 7) is 0.416. The van der Waals surface area contributed by atoms with E-state index in [0.717, 1.165) is 12.1 Å². The number of amides is 1. The van der Waals surface area contributed by atoms with Gasteiger partial charge in [-0.3, -0.25) is 4.79 Å². The monoisotopic (exact) mass is 491 g/mol. The fourth-order valence-corrected chi connectivity index (χ4v) is 3.45. The van der Waals surface area contributed by atoms with E-state index < -0.39 is 34.6 Å². The number of anilines is 2. The van der Waals surface area contributed by atoms with Crippen LogP contribution >= 0.6 is 22.6 Å². The highest BCUT2D eigenvalue weighted by Gasteiger charge is 2.43. The minimum absolute atomic E-state index is 0.0585. The van der Waals surface area contributed by atoms with Crippen molar-refractivity contribution in [2.75, 3.05) is 32.0 Å². The molecule has 2 aromatic rings. The molecule has 0 aromatic heterocycles. The quantitative estimate of drug-likeness (QED) is 0.564. The zero-order chi connectivity index (χ0) is 19.8. The number of rotatable bonds is 5. The summed E-state index contributed by atoms with van der Waals surface area (Å²) in [4.78, 5) is 14.0. The van der Waals surface area contributed by atoms with Crippen LogP contribution in [-0.2, 0) is 0 Å². The number of nitrogens with zero attached hydrogens (tertiary/aromatic N) is 1. The average molecular weight is 491 g/mol. The minimum atomic E-state index is -1.27. The number of likely N-dealkylation sites (tertiary alicyclic amines) is 1. The number of aliphatic hydroxyl groups is 1. The number of likely N-dealkylation sites (N-methyl/N-ethyl adjacent to an activating group) is 1. The van der Waals surface area contributed by atoms with E-state index in [-0.39, 0.29) is 24.3 Å². The highest BCUT2D eigenvalue weighted by Crippen LogP contribution is 2.31. The van der Waals surface area contributed by atoms with E-state index in [2.05, 4.69) is 10.6 Å². The number of β-amino-alcohol motifs (C(OH)–C–C–N with tert-alkyl or cyclic N) is 1. The van der Waals surface area contributed by atoms with E-state index in [0.29, 0.717) is 10.1 Å². The standard InChI is InChI=1S/C18H17F3IN3O2/c1-23-7-18(27)8-25(9-18)17(26)11-3-4-12(19)15(21)16(11)24-14-5-2-10(22)6-13(14)20/h2-6,23-24,27H,7-9H2,1H3. The van der Waals surface area contributed by atoms with Gasteiger partial charge in [0.15, 0.2) is 11.6 Å². The summed E-state index contributed by atoms with van der Waals surface area (Å²) in [5, 5.41) is 15.5. The molecule has 144 valence electrons. The average Bonchev–Trinajstić information content (AvgIpc) is 2.58. The van der Waals surface area contributed by atoms with Gasteiger partial charge in [-0.1, -0.05) is 0 Å². The zero-order valence-electron chi connectivity index (χ0n) is 14.3. The normalized spacial score (nSPS) is 15.4. The maximum absolute atomic E-state index is 14.4. The summed E-state index contributed by atoms with van der Waals surface area (Å²) in [5.41, 5.74) is -1.72. The van der Waals surface area contributed by atoms with Crippen LogP contribution in [0.4, 0.5) is 24.5 Å². The Morgan fingerprint density at radius 3 is 2.56 bits per heavy atom. The lowest BCUT2D eigenvalue weighted by Gasteiger charge is -2.46. The summed E-state index contributed by atoms with van der Waals surface area (Å²) in [7, 11) is 1.68. The van der Waals surface area contributed by atoms with Gasteiger partial charge in [0.25, 0.3) is 5.91 Å². The first-order valence-corrected chi connectivity index (χ1v) is 9.18. The predicted octanol–water partition coefficient (Wildman–Crippen LogP) is 2.86. The molecule has 0 radical (unpaired) electrons. The van der Waals surface area contributed by atoms with Crippen LogP contribution in [-0.4, -0.2) is 48.2 Å². The Balaban J connectivity index is 1.90. The van der Waals surface area contributed by atoms with E-state index in [1.165, 1.54) is 17.0 Å². The molecule has 0 unspecified atom stereocenters. The third kappa shape index (κ3) is 4.04. The van der Waals surface area contributed by atoms with Crippen molar-refractivity contribution >= 4 is 39.9 Å². The van der Waals surface area contributed by atoms with E-state index in [1.807, 2.05) is 22.6 Å². The van der Waals surface area contributed by atoms with Crippen LogP contribution in [0.15, 0.2) is 30.3 Å². The third-order valence-electron chi connectivity index (χ3n) is 4.28. The van der Waals surface area contributed by atoms with Gasteiger partial charge < -0.3 is 20.6 Å². The molecule has 1 amide bonds. The van der Waals surface area contributed by atoms with Crippen LogP contribution in [0.2, 0.25) is 0 Å². The largest absolute Gasteiger partial charge is 0.385 e. The number of halogens is 4. The molecule has 1 saturated heterocycles. The first-order chi connectivity index (χ1) is 12.7. The van der Waals surface area contributed by atoms with Gasteiger partial charge in [0, 0.05) is 10.1 Å². The molecule has 27 heavy (non-hydrogen) atoms. The number of hydrogen-bond donors (Lipinski definition) is 3. The van der Waals surface area contributed by atoms with Crippen LogP contribution in [0.5, 0.6) is 0 Å². The van der Waals surface area contributed by atoms with Gasteiger partial charge in [-0.05, 0) is 60.0 Å². The molecule has 0 saturated carbocycles. The first kappa shape index (κ1) is 19.9. The van der Waals surface area contributed by atoms with Crippen molar-refractivity contribution in [2.24, 2.45) is 0 Å². The van der Waals surface area contributed by atoms with Gasteiger partial charge in [0.1, 0.15) is 11.4 Å². The van der Waals surface area contributed by atoms with Crippen molar-refractivity contribution in [3.63, 3.8) is 0 Å². The van der Waals surface area contributed by atoms with E-state index in [9.17, 15) is 23.1 Å². The lowest BCUT2D eigenvalue weighted by molar-refractivity contribution is -0.0775. The highest BCUT2D eigenvalue weighted by molar-refractivity contribution is 14.1. The smallest absolute Gasteiger partial charge is 0.256 e. The number of carbonyl (C=O) groups excluding carboxylic acids is 1. The van der Waals surface area contributed by atoms with Crippen LogP contribution in [0, 0.1) is 21.0 Å². The maximum Gasteiger partial charge on any atom is 0.256 e. The molecule has 1 aliphatic heterocycles. The van der Waals surface area contributed by atoms with E-state index >= 15 is 0 Å². The second kappa shape index (κ2) is 7.64. The van der Waals surface area contributed by atoms with Crippen LogP contribution in [0.3, 0.4) is 0 Å². The van der Waals surface area contributed by atoms with Crippen LogP contribution in [0.25, 0.3) is 0 Å². The summed E-state index contributed by atoms with van der Waals surface area (Å²) in [5.74, 6) is -3.67. The fourth-order valence-electron chi connectivity index (χ4n) is 3.00. The van der Waals surface area contributed by atoms with E-state index in [1.54, 1.807) is 13.1 Å². The van der Waals surface area contributed by atoms with Gasteiger partial charge in [-0.25, -0.2) is 13.2 Å². The maximum atomic E-state index is 14.4. The second-order valence-corrected chi connectivity index (χ2v) is 7.69. The molecule has 5 nitrogen and oxygen atoms in total. The van der Waals surface area contributed by atoms with Gasteiger partial charge >= 0.3 is 0 Å². The van der Waals surface area contributed by atoms with Gasteiger partial charge in [0.2, 0.25) is 0 Å².